The van der Waals surface area contributed by atoms with E-state index in [4.69, 9.17) is 0 Å². The van der Waals surface area contributed by atoms with E-state index in [1.807, 2.05) is 28.8 Å². The highest BCUT2D eigenvalue weighted by atomic mass is 127. The van der Waals surface area contributed by atoms with Crippen molar-refractivity contribution in [3.63, 3.8) is 0 Å². The molecule has 0 unspecified atom stereocenters. The van der Waals surface area contributed by atoms with Gasteiger partial charge in [0, 0.05) is 32.8 Å². The quantitative estimate of drug-likeness (QED) is 0.332. The molecule has 0 aliphatic carbocycles. The monoisotopic (exact) mass is 468 g/mol. The fraction of sp³-hybridized carbons (Fsp3) is 0.278. The molecule has 2 aromatic heterocycles. The minimum Gasteiger partial charge on any atom is -0.356 e. The maximum absolute atomic E-state index is 12.9. The zero-order chi connectivity index (χ0) is 17.5. The van der Waals surface area contributed by atoms with E-state index < -0.39 is 0 Å². The van der Waals surface area contributed by atoms with Gasteiger partial charge in [0.25, 0.3) is 0 Å². The predicted molar refractivity (Wildman–Crippen MR) is 112 cm³/mol. The fourth-order valence-corrected chi connectivity index (χ4v) is 2.55. The summed E-state index contributed by atoms with van der Waals surface area (Å²) >= 11 is 0. The van der Waals surface area contributed by atoms with Crippen LogP contribution in [0.2, 0.25) is 0 Å². The molecule has 0 fully saturated rings. The number of pyridine rings is 1. The van der Waals surface area contributed by atoms with Crippen molar-refractivity contribution in [2.24, 2.45) is 4.99 Å². The van der Waals surface area contributed by atoms with E-state index >= 15 is 0 Å². The van der Waals surface area contributed by atoms with E-state index in [0.717, 1.165) is 42.4 Å². The average molecular weight is 468 g/mol. The Hall–Kier alpha value is -2.23. The number of nitrogens with zero attached hydrogens (tertiary/aromatic N) is 4. The molecule has 0 saturated carbocycles. The fourth-order valence-electron chi connectivity index (χ4n) is 2.55. The van der Waals surface area contributed by atoms with Crippen molar-refractivity contribution in [2.45, 2.75) is 12.8 Å². The summed E-state index contributed by atoms with van der Waals surface area (Å²) in [5, 5.41) is 14.9. The van der Waals surface area contributed by atoms with Crippen molar-refractivity contribution in [1.29, 1.82) is 0 Å². The molecule has 3 rings (SSSR count). The minimum absolute atomic E-state index is 0. The van der Waals surface area contributed by atoms with Crippen LogP contribution in [-0.4, -0.2) is 40.7 Å². The topological polar surface area (TPSA) is 66.6 Å². The van der Waals surface area contributed by atoms with Crippen LogP contribution in [0.1, 0.15) is 11.4 Å². The number of nitrogens with one attached hydrogen (secondary N) is 2. The van der Waals surface area contributed by atoms with Gasteiger partial charge in [-0.1, -0.05) is 18.2 Å². The van der Waals surface area contributed by atoms with Gasteiger partial charge in [-0.15, -0.1) is 34.2 Å². The Kier molecular flexibility index (Phi) is 7.76. The molecule has 0 saturated heterocycles. The Balaban J connectivity index is 0.00000243. The van der Waals surface area contributed by atoms with Crippen LogP contribution in [0, 0.1) is 5.82 Å². The van der Waals surface area contributed by atoms with Crippen molar-refractivity contribution in [3.05, 3.63) is 65.9 Å². The highest BCUT2D eigenvalue weighted by Crippen LogP contribution is 2.03. The summed E-state index contributed by atoms with van der Waals surface area (Å²) in [6, 6.07) is 12.4. The van der Waals surface area contributed by atoms with Crippen molar-refractivity contribution in [1.82, 2.24) is 25.2 Å². The molecule has 2 heterocycles. The van der Waals surface area contributed by atoms with Crippen LogP contribution in [0.3, 0.4) is 0 Å². The Morgan fingerprint density at radius 3 is 2.50 bits per heavy atom. The molecular weight excluding hydrogens is 446 g/mol. The number of rotatable bonds is 6. The van der Waals surface area contributed by atoms with E-state index in [1.165, 1.54) is 12.1 Å². The summed E-state index contributed by atoms with van der Waals surface area (Å²) in [7, 11) is 1.74. The number of fused-ring (bicyclic) bond motifs is 1. The molecule has 0 atom stereocenters. The first-order valence-corrected chi connectivity index (χ1v) is 8.24. The first kappa shape index (κ1) is 20.1. The van der Waals surface area contributed by atoms with E-state index in [1.54, 1.807) is 19.2 Å². The molecular formula is C18H22FIN6. The molecule has 0 aliphatic rings. The lowest BCUT2D eigenvalue weighted by atomic mass is 10.1. The molecule has 0 bridgehead atoms. The number of aliphatic imine (C=N–C) groups is 1. The van der Waals surface area contributed by atoms with Crippen molar-refractivity contribution in [2.75, 3.05) is 20.1 Å². The molecule has 8 heteroatoms. The van der Waals surface area contributed by atoms with Crippen molar-refractivity contribution in [3.8, 4) is 0 Å². The van der Waals surface area contributed by atoms with Crippen LogP contribution in [-0.2, 0) is 12.8 Å². The smallest absolute Gasteiger partial charge is 0.191 e. The van der Waals surface area contributed by atoms with Crippen LogP contribution in [0.5, 0.6) is 0 Å². The largest absolute Gasteiger partial charge is 0.356 e. The molecule has 26 heavy (non-hydrogen) atoms. The molecule has 0 radical (unpaired) electrons. The lowest BCUT2D eigenvalue weighted by Gasteiger charge is -2.11. The van der Waals surface area contributed by atoms with Crippen molar-refractivity contribution < 1.29 is 4.39 Å². The number of guanidine groups is 1. The summed E-state index contributed by atoms with van der Waals surface area (Å²) in [6.45, 7) is 1.42. The van der Waals surface area contributed by atoms with Gasteiger partial charge in [0.2, 0.25) is 0 Å². The standard InChI is InChI=1S/C18H21FN6.HI/c1-20-18(21-11-9-14-5-7-15(19)8-6-14)22-12-10-17-24-23-16-4-2-3-13-25(16)17;/h2-8,13H,9-12H2,1H3,(H2,20,21,22);1H. The van der Waals surface area contributed by atoms with Crippen LogP contribution in [0.25, 0.3) is 5.65 Å². The first-order valence-electron chi connectivity index (χ1n) is 8.24. The lowest BCUT2D eigenvalue weighted by molar-refractivity contribution is 0.626. The molecule has 0 amide bonds. The lowest BCUT2D eigenvalue weighted by Crippen LogP contribution is -2.39. The highest BCUT2D eigenvalue weighted by molar-refractivity contribution is 14.0. The Labute approximate surface area is 169 Å². The first-order chi connectivity index (χ1) is 12.3. The Morgan fingerprint density at radius 1 is 1.04 bits per heavy atom. The van der Waals surface area contributed by atoms with Gasteiger partial charge >= 0.3 is 0 Å². The Morgan fingerprint density at radius 2 is 1.77 bits per heavy atom. The zero-order valence-corrected chi connectivity index (χ0v) is 16.9. The second-order valence-corrected chi connectivity index (χ2v) is 5.60. The summed E-state index contributed by atoms with van der Waals surface area (Å²) in [5.41, 5.74) is 1.93. The summed E-state index contributed by atoms with van der Waals surface area (Å²) in [6.07, 6.45) is 3.50. The third-order valence-corrected chi connectivity index (χ3v) is 3.87. The maximum Gasteiger partial charge on any atom is 0.191 e. The van der Waals surface area contributed by atoms with E-state index in [0.29, 0.717) is 6.54 Å². The molecule has 0 aliphatic heterocycles. The van der Waals surface area contributed by atoms with Gasteiger partial charge in [0.05, 0.1) is 0 Å². The van der Waals surface area contributed by atoms with Gasteiger partial charge in [-0.05, 0) is 36.2 Å². The molecule has 0 spiro atoms. The SMILES string of the molecule is CN=C(NCCc1ccc(F)cc1)NCCc1nnc2ccccn12.I. The average Bonchev–Trinajstić information content (AvgIpc) is 3.05. The molecule has 138 valence electrons. The second-order valence-electron chi connectivity index (χ2n) is 5.60. The van der Waals surface area contributed by atoms with Gasteiger partial charge in [0.15, 0.2) is 11.6 Å². The van der Waals surface area contributed by atoms with Crippen LogP contribution < -0.4 is 10.6 Å². The van der Waals surface area contributed by atoms with Crippen molar-refractivity contribution >= 4 is 35.6 Å². The second kappa shape index (κ2) is 10.0. The van der Waals surface area contributed by atoms with Crippen LogP contribution >= 0.6 is 24.0 Å². The molecule has 1 aromatic carbocycles. The summed E-state index contributed by atoms with van der Waals surface area (Å²) in [4.78, 5) is 4.21. The van der Waals surface area contributed by atoms with Gasteiger partial charge in [-0.3, -0.25) is 9.39 Å². The molecule has 3 aromatic rings. The normalized spacial score (nSPS) is 11.2. The van der Waals surface area contributed by atoms with Gasteiger partial charge in [-0.25, -0.2) is 4.39 Å². The zero-order valence-electron chi connectivity index (χ0n) is 14.5. The summed E-state index contributed by atoms with van der Waals surface area (Å²) in [5.74, 6) is 1.43. The van der Waals surface area contributed by atoms with Crippen LogP contribution in [0.4, 0.5) is 4.39 Å². The van der Waals surface area contributed by atoms with Gasteiger partial charge < -0.3 is 10.6 Å². The number of aromatic nitrogens is 3. The highest BCUT2D eigenvalue weighted by Gasteiger charge is 2.05. The van der Waals surface area contributed by atoms with Gasteiger partial charge in [0.1, 0.15) is 11.6 Å². The minimum atomic E-state index is -0.213. The molecule has 2 N–H and O–H groups in total. The third kappa shape index (κ3) is 5.38. The molecule has 6 nitrogen and oxygen atoms in total. The maximum atomic E-state index is 12.9. The summed E-state index contributed by atoms with van der Waals surface area (Å²) < 4.78 is 14.9. The number of benzene rings is 1. The Bertz CT molecular complexity index is 846. The van der Waals surface area contributed by atoms with E-state index in [9.17, 15) is 4.39 Å². The van der Waals surface area contributed by atoms with Gasteiger partial charge in [-0.2, -0.15) is 0 Å². The number of hydrogen-bond donors (Lipinski definition) is 2. The number of halogens is 2. The van der Waals surface area contributed by atoms with E-state index in [-0.39, 0.29) is 29.8 Å². The predicted octanol–water partition coefficient (Wildman–Crippen LogP) is 2.44. The number of hydrogen-bond acceptors (Lipinski definition) is 3. The third-order valence-electron chi connectivity index (χ3n) is 3.87. The van der Waals surface area contributed by atoms with Crippen LogP contribution in [0.15, 0.2) is 53.7 Å². The van der Waals surface area contributed by atoms with E-state index in [2.05, 4.69) is 25.8 Å².